The van der Waals surface area contributed by atoms with E-state index in [2.05, 4.69) is 231 Å². The van der Waals surface area contributed by atoms with Crippen molar-refractivity contribution in [3.63, 3.8) is 0 Å². The van der Waals surface area contributed by atoms with Crippen LogP contribution >= 0.6 is 0 Å². The van der Waals surface area contributed by atoms with Crippen molar-refractivity contribution in [2.45, 2.75) is 12.8 Å². The molecule has 0 saturated carbocycles. The normalized spacial score (nSPS) is 12.7. The van der Waals surface area contributed by atoms with E-state index in [0.29, 0.717) is 0 Å². The van der Waals surface area contributed by atoms with Crippen LogP contribution in [0.3, 0.4) is 0 Å². The van der Waals surface area contributed by atoms with Crippen molar-refractivity contribution in [1.29, 1.82) is 0 Å². The van der Waals surface area contributed by atoms with Gasteiger partial charge in [0.2, 0.25) is 0 Å². The number of nitrogens with zero attached hydrogens (tertiary/aromatic N) is 2. The van der Waals surface area contributed by atoms with Crippen molar-refractivity contribution in [1.82, 2.24) is 9.97 Å². The molecule has 1 aliphatic carbocycles. The van der Waals surface area contributed by atoms with E-state index >= 15 is 0 Å². The summed E-state index contributed by atoms with van der Waals surface area (Å²) >= 11 is 0. The molecule has 2 heterocycles. The number of hydrogen-bond acceptors (Lipinski definition) is 2. The summed E-state index contributed by atoms with van der Waals surface area (Å²) in [6, 6.07) is 80.7. The lowest BCUT2D eigenvalue weighted by molar-refractivity contribution is 0.993. The molecule has 0 fully saturated rings. The lowest BCUT2D eigenvalue weighted by Crippen LogP contribution is -2.01. The Hall–Kier alpha value is -8.98. The smallest absolute Gasteiger partial charge is 0.0794 e. The maximum absolute atomic E-state index is 5.70. The lowest BCUT2D eigenvalue weighted by atomic mass is 9.88. The SMILES string of the molecule is C1=Cc2c(-c3ccc(-c4cc5c(-c6ccc7c8ccccc8c8ccccc8c7c6)cc(-c6ccc7c8ccccc8c8ccccc8c7c6)nc5c5ccccc45)cc3)nc3ccccc3c2CC1. The Morgan fingerprint density at radius 1 is 0.300 bits per heavy atom. The minimum atomic E-state index is 0.952. The molecule has 15 rings (SSSR count). The number of aromatic nitrogens is 2. The van der Waals surface area contributed by atoms with Gasteiger partial charge < -0.3 is 0 Å². The van der Waals surface area contributed by atoms with Gasteiger partial charge in [-0.05, 0) is 141 Å². The van der Waals surface area contributed by atoms with E-state index in [0.717, 1.165) is 73.9 Å². The Labute approximate surface area is 404 Å². The molecule has 0 spiro atoms. The van der Waals surface area contributed by atoms with Gasteiger partial charge >= 0.3 is 0 Å². The highest BCUT2D eigenvalue weighted by molar-refractivity contribution is 6.27. The van der Waals surface area contributed by atoms with Crippen molar-refractivity contribution in [3.8, 4) is 44.8 Å². The minimum Gasteiger partial charge on any atom is -0.247 e. The highest BCUT2D eigenvalue weighted by Crippen LogP contribution is 2.45. The highest BCUT2D eigenvalue weighted by atomic mass is 14.7. The number of rotatable bonds is 4. The molecule has 1 aliphatic rings. The first-order valence-electron chi connectivity index (χ1n) is 24.4. The van der Waals surface area contributed by atoms with Crippen LogP contribution in [0.2, 0.25) is 0 Å². The highest BCUT2D eigenvalue weighted by Gasteiger charge is 2.20. The zero-order valence-electron chi connectivity index (χ0n) is 38.2. The standard InChI is InChI=1S/C68H42N2/c1-3-19-49-45(15-1)47-17-5-7-21-51(47)62-37-43(33-35-55(49)62)61-40-66(44-34-36-56-50-20-4-2-16-46(50)48-18-6-8-22-52(48)63(56)38-44)70-68-59-27-12-10-24-54(59)60(39-64(61)68)41-29-31-42(32-30-41)67-58-26-11-9-23-53(58)57-25-13-14-28-65(57)69-67/h1-8,10-22,24-40H,9,23H2. The molecule has 0 bridgehead atoms. The molecule has 70 heavy (non-hydrogen) atoms. The third-order valence-corrected chi connectivity index (χ3v) is 15.3. The van der Waals surface area contributed by atoms with E-state index in [1.54, 1.807) is 0 Å². The van der Waals surface area contributed by atoms with Crippen LogP contribution in [-0.2, 0) is 6.42 Å². The van der Waals surface area contributed by atoms with Crippen LogP contribution in [-0.4, -0.2) is 9.97 Å². The molecule has 0 saturated heterocycles. The molecule has 0 aliphatic heterocycles. The van der Waals surface area contributed by atoms with Crippen molar-refractivity contribution < 1.29 is 0 Å². The third kappa shape index (κ3) is 5.87. The molecule has 14 aromatic rings. The number of hydrogen-bond donors (Lipinski definition) is 0. The van der Waals surface area contributed by atoms with Gasteiger partial charge in [0.05, 0.1) is 22.4 Å². The molecular weight excluding hydrogens is 845 g/mol. The van der Waals surface area contributed by atoms with Gasteiger partial charge in [0.15, 0.2) is 0 Å². The summed E-state index contributed by atoms with van der Waals surface area (Å²) in [4.78, 5) is 11.0. The zero-order chi connectivity index (χ0) is 45.9. The first kappa shape index (κ1) is 39.1. The number of para-hydroxylation sites is 1. The van der Waals surface area contributed by atoms with E-state index in [4.69, 9.17) is 9.97 Å². The molecule has 0 N–H and O–H groups in total. The fourth-order valence-electron chi connectivity index (χ4n) is 12.0. The Bertz CT molecular complexity index is 4510. The Morgan fingerprint density at radius 3 is 1.34 bits per heavy atom. The van der Waals surface area contributed by atoms with Crippen LogP contribution in [0.25, 0.3) is 148 Å². The van der Waals surface area contributed by atoms with Gasteiger partial charge in [-0.15, -0.1) is 0 Å². The first-order valence-corrected chi connectivity index (χ1v) is 24.4. The minimum absolute atomic E-state index is 0.952. The predicted molar refractivity (Wildman–Crippen MR) is 299 cm³/mol. The summed E-state index contributed by atoms with van der Waals surface area (Å²) in [5.74, 6) is 0. The summed E-state index contributed by atoms with van der Waals surface area (Å²) in [7, 11) is 0. The largest absolute Gasteiger partial charge is 0.247 e. The fourth-order valence-corrected chi connectivity index (χ4v) is 12.0. The fraction of sp³-hybridized carbons (Fsp3) is 0.0294. The molecule has 0 radical (unpaired) electrons. The molecule has 2 nitrogen and oxygen atoms in total. The third-order valence-electron chi connectivity index (χ3n) is 15.3. The van der Waals surface area contributed by atoms with E-state index in [1.807, 2.05) is 0 Å². The quantitative estimate of drug-likeness (QED) is 0.165. The second kappa shape index (κ2) is 15.3. The van der Waals surface area contributed by atoms with E-state index in [-0.39, 0.29) is 0 Å². The van der Waals surface area contributed by atoms with E-state index in [9.17, 15) is 0 Å². The molecule has 12 aromatic carbocycles. The predicted octanol–water partition coefficient (Wildman–Crippen LogP) is 18.5. The maximum Gasteiger partial charge on any atom is 0.0794 e. The lowest BCUT2D eigenvalue weighted by Gasteiger charge is -2.18. The molecule has 324 valence electrons. The van der Waals surface area contributed by atoms with Gasteiger partial charge in [-0.1, -0.05) is 200 Å². The zero-order valence-corrected chi connectivity index (χ0v) is 38.2. The summed E-state index contributed by atoms with van der Waals surface area (Å²) in [5.41, 5.74) is 13.6. The number of allylic oxidation sites excluding steroid dienone is 1. The summed E-state index contributed by atoms with van der Waals surface area (Å²) in [6.07, 6.45) is 6.65. The second-order valence-electron chi connectivity index (χ2n) is 19.0. The van der Waals surface area contributed by atoms with Crippen LogP contribution in [0.1, 0.15) is 17.5 Å². The Balaban J connectivity index is 0.981. The molecule has 0 unspecified atom stereocenters. The number of benzene rings is 12. The van der Waals surface area contributed by atoms with Gasteiger partial charge in [-0.2, -0.15) is 0 Å². The molecule has 2 heteroatoms. The van der Waals surface area contributed by atoms with Gasteiger partial charge in [0.1, 0.15) is 0 Å². The molecule has 0 atom stereocenters. The summed E-state index contributed by atoms with van der Waals surface area (Å²) in [6.45, 7) is 0. The van der Waals surface area contributed by atoms with Crippen molar-refractivity contribution in [3.05, 3.63) is 236 Å². The molecular formula is C68H42N2. The van der Waals surface area contributed by atoms with Crippen LogP contribution in [0.15, 0.2) is 224 Å². The van der Waals surface area contributed by atoms with Crippen LogP contribution < -0.4 is 0 Å². The first-order chi connectivity index (χ1) is 34.7. The maximum atomic E-state index is 5.70. The average Bonchev–Trinajstić information content (AvgIpc) is 3.44. The van der Waals surface area contributed by atoms with Crippen LogP contribution in [0.5, 0.6) is 0 Å². The van der Waals surface area contributed by atoms with Crippen LogP contribution in [0.4, 0.5) is 0 Å². The van der Waals surface area contributed by atoms with Crippen molar-refractivity contribution in [2.24, 2.45) is 0 Å². The van der Waals surface area contributed by atoms with Gasteiger partial charge in [0, 0.05) is 32.8 Å². The molecule has 2 aromatic heterocycles. The van der Waals surface area contributed by atoms with Gasteiger partial charge in [0.25, 0.3) is 0 Å². The number of aryl methyl sites for hydroxylation is 1. The Morgan fingerprint density at radius 2 is 0.743 bits per heavy atom. The topological polar surface area (TPSA) is 25.8 Å². The summed E-state index contributed by atoms with van der Waals surface area (Å²) in [5, 5.41) is 19.8. The monoisotopic (exact) mass is 886 g/mol. The van der Waals surface area contributed by atoms with E-state index < -0.39 is 0 Å². The molecule has 0 amide bonds. The Kier molecular flexibility index (Phi) is 8.52. The number of pyridine rings is 2. The van der Waals surface area contributed by atoms with Gasteiger partial charge in [-0.25, -0.2) is 9.97 Å². The van der Waals surface area contributed by atoms with Crippen LogP contribution in [0, 0.1) is 0 Å². The van der Waals surface area contributed by atoms with Crippen molar-refractivity contribution in [2.75, 3.05) is 0 Å². The average molecular weight is 887 g/mol. The second-order valence-corrected chi connectivity index (χ2v) is 19.0. The summed E-state index contributed by atoms with van der Waals surface area (Å²) < 4.78 is 0. The van der Waals surface area contributed by atoms with Gasteiger partial charge in [-0.3, -0.25) is 0 Å². The number of fused-ring (bicyclic) bond motifs is 18. The van der Waals surface area contributed by atoms with E-state index in [1.165, 1.54) is 92.1 Å². The van der Waals surface area contributed by atoms with Crippen molar-refractivity contribution >= 4 is 103 Å².